The Morgan fingerprint density at radius 1 is 0.345 bits per heavy atom. The zero-order valence-electron chi connectivity index (χ0n) is 38.6. The Balaban J connectivity index is 4.35. The van der Waals surface area contributed by atoms with Gasteiger partial charge in [0.2, 0.25) is 0 Å². The van der Waals surface area contributed by atoms with E-state index in [0.29, 0.717) is 19.3 Å². The van der Waals surface area contributed by atoms with Gasteiger partial charge in [0.05, 0.1) is 0 Å². The SMILES string of the molecule is CCCCC/C=C\C=C/CCCCCCCCC(=O)OC(COC(=O)CCCCCCC/C=C\CCCCCCCCC)COC(=O)CCCCCCCCCCC. The monoisotopic (exact) mass is 815 g/mol. The zero-order chi connectivity index (χ0) is 42.3. The third-order valence-corrected chi connectivity index (χ3v) is 10.9. The van der Waals surface area contributed by atoms with Gasteiger partial charge in [-0.15, -0.1) is 0 Å². The van der Waals surface area contributed by atoms with Crippen LogP contribution in [0.1, 0.15) is 258 Å². The minimum Gasteiger partial charge on any atom is -0.462 e. The lowest BCUT2D eigenvalue weighted by Crippen LogP contribution is -2.30. The van der Waals surface area contributed by atoms with E-state index in [1.807, 2.05) is 0 Å². The minimum absolute atomic E-state index is 0.0775. The van der Waals surface area contributed by atoms with E-state index in [0.717, 1.165) is 70.6 Å². The Bertz CT molecular complexity index is 984. The van der Waals surface area contributed by atoms with Gasteiger partial charge in [0.1, 0.15) is 13.2 Å². The Morgan fingerprint density at radius 2 is 0.621 bits per heavy atom. The Hall–Kier alpha value is -2.37. The van der Waals surface area contributed by atoms with Crippen molar-refractivity contribution in [1.29, 1.82) is 0 Å². The molecule has 0 rings (SSSR count). The molecule has 0 spiro atoms. The zero-order valence-corrected chi connectivity index (χ0v) is 38.6. The Kier molecular flexibility index (Phi) is 45.4. The van der Waals surface area contributed by atoms with Crippen LogP contribution in [-0.2, 0) is 28.6 Å². The normalized spacial score (nSPS) is 12.3. The van der Waals surface area contributed by atoms with Crippen molar-refractivity contribution < 1.29 is 28.6 Å². The van der Waals surface area contributed by atoms with Gasteiger partial charge in [-0.3, -0.25) is 14.4 Å². The van der Waals surface area contributed by atoms with Crippen molar-refractivity contribution in [2.75, 3.05) is 13.2 Å². The second kappa shape index (κ2) is 47.3. The summed E-state index contributed by atoms with van der Waals surface area (Å²) < 4.78 is 16.7. The molecule has 338 valence electrons. The topological polar surface area (TPSA) is 78.9 Å². The van der Waals surface area contributed by atoms with Gasteiger partial charge in [0.15, 0.2) is 6.10 Å². The van der Waals surface area contributed by atoms with Gasteiger partial charge in [0, 0.05) is 19.3 Å². The molecule has 6 nitrogen and oxygen atoms in total. The van der Waals surface area contributed by atoms with Crippen LogP contribution in [0.4, 0.5) is 0 Å². The van der Waals surface area contributed by atoms with Crippen molar-refractivity contribution in [3.05, 3.63) is 36.5 Å². The van der Waals surface area contributed by atoms with Crippen LogP contribution in [0.5, 0.6) is 0 Å². The van der Waals surface area contributed by atoms with E-state index in [1.165, 1.54) is 148 Å². The smallest absolute Gasteiger partial charge is 0.306 e. The molecule has 0 aromatic rings. The second-order valence-electron chi connectivity index (χ2n) is 16.8. The molecule has 0 aliphatic heterocycles. The maximum atomic E-state index is 12.7. The molecule has 0 heterocycles. The van der Waals surface area contributed by atoms with Crippen LogP contribution in [-0.4, -0.2) is 37.2 Å². The fourth-order valence-electron chi connectivity index (χ4n) is 7.07. The highest BCUT2D eigenvalue weighted by atomic mass is 16.6. The molecule has 0 aliphatic rings. The Morgan fingerprint density at radius 3 is 1.00 bits per heavy atom. The summed E-state index contributed by atoms with van der Waals surface area (Å²) in [4.78, 5) is 37.8. The van der Waals surface area contributed by atoms with Crippen molar-refractivity contribution >= 4 is 17.9 Å². The lowest BCUT2D eigenvalue weighted by Gasteiger charge is -2.18. The fourth-order valence-corrected chi connectivity index (χ4v) is 7.07. The van der Waals surface area contributed by atoms with E-state index >= 15 is 0 Å². The average molecular weight is 815 g/mol. The summed E-state index contributed by atoms with van der Waals surface area (Å²) in [6, 6.07) is 0. The molecule has 0 aromatic heterocycles. The van der Waals surface area contributed by atoms with Crippen molar-refractivity contribution in [2.45, 2.75) is 264 Å². The summed E-state index contributed by atoms with van der Waals surface area (Å²) in [6.45, 7) is 6.58. The maximum absolute atomic E-state index is 12.7. The summed E-state index contributed by atoms with van der Waals surface area (Å²) in [5, 5.41) is 0. The van der Waals surface area contributed by atoms with Gasteiger partial charge in [0.25, 0.3) is 0 Å². The molecular weight excluding hydrogens is 721 g/mol. The maximum Gasteiger partial charge on any atom is 0.306 e. The van der Waals surface area contributed by atoms with Crippen LogP contribution in [0.2, 0.25) is 0 Å². The van der Waals surface area contributed by atoms with Gasteiger partial charge in [-0.2, -0.15) is 0 Å². The number of unbranched alkanes of at least 4 members (excludes halogenated alkanes) is 29. The lowest BCUT2D eigenvalue weighted by atomic mass is 10.1. The predicted molar refractivity (Wildman–Crippen MR) is 247 cm³/mol. The summed E-state index contributed by atoms with van der Waals surface area (Å²) in [5.41, 5.74) is 0. The molecule has 0 saturated carbocycles. The number of hydrogen-bond donors (Lipinski definition) is 0. The summed E-state index contributed by atoms with van der Waals surface area (Å²) >= 11 is 0. The highest BCUT2D eigenvalue weighted by Crippen LogP contribution is 2.14. The molecule has 0 radical (unpaired) electrons. The van der Waals surface area contributed by atoms with E-state index in [4.69, 9.17) is 14.2 Å². The van der Waals surface area contributed by atoms with Gasteiger partial charge < -0.3 is 14.2 Å². The lowest BCUT2D eigenvalue weighted by molar-refractivity contribution is -0.167. The van der Waals surface area contributed by atoms with Crippen LogP contribution in [0, 0.1) is 0 Å². The third-order valence-electron chi connectivity index (χ3n) is 10.9. The summed E-state index contributed by atoms with van der Waals surface area (Å²) in [6.07, 6.45) is 54.1. The number of rotatable bonds is 45. The van der Waals surface area contributed by atoms with Gasteiger partial charge in [-0.1, -0.05) is 205 Å². The number of carbonyl (C=O) groups excluding carboxylic acids is 3. The molecule has 6 heteroatoms. The molecule has 0 bridgehead atoms. The van der Waals surface area contributed by atoms with E-state index in [-0.39, 0.29) is 31.1 Å². The predicted octanol–water partition coefficient (Wildman–Crippen LogP) is 16.1. The van der Waals surface area contributed by atoms with E-state index in [1.54, 1.807) is 0 Å². The van der Waals surface area contributed by atoms with Gasteiger partial charge >= 0.3 is 17.9 Å². The molecule has 1 unspecified atom stereocenters. The van der Waals surface area contributed by atoms with E-state index in [9.17, 15) is 14.4 Å². The molecule has 0 aromatic carbocycles. The first-order chi connectivity index (χ1) is 28.5. The summed E-state index contributed by atoms with van der Waals surface area (Å²) in [5.74, 6) is -0.894. The molecule has 0 fully saturated rings. The largest absolute Gasteiger partial charge is 0.462 e. The minimum atomic E-state index is -0.776. The van der Waals surface area contributed by atoms with Crippen molar-refractivity contribution in [3.8, 4) is 0 Å². The molecule has 1 atom stereocenters. The van der Waals surface area contributed by atoms with Gasteiger partial charge in [-0.25, -0.2) is 0 Å². The average Bonchev–Trinajstić information content (AvgIpc) is 3.22. The van der Waals surface area contributed by atoms with E-state index in [2.05, 4.69) is 57.2 Å². The van der Waals surface area contributed by atoms with E-state index < -0.39 is 6.10 Å². The highest BCUT2D eigenvalue weighted by molar-refractivity contribution is 5.71. The van der Waals surface area contributed by atoms with Crippen LogP contribution < -0.4 is 0 Å². The highest BCUT2D eigenvalue weighted by Gasteiger charge is 2.19. The Labute approximate surface area is 359 Å². The third kappa shape index (κ3) is 44.7. The van der Waals surface area contributed by atoms with Crippen LogP contribution >= 0.6 is 0 Å². The number of carbonyl (C=O) groups is 3. The van der Waals surface area contributed by atoms with Crippen molar-refractivity contribution in [3.63, 3.8) is 0 Å². The van der Waals surface area contributed by atoms with Crippen molar-refractivity contribution in [1.82, 2.24) is 0 Å². The first-order valence-electron chi connectivity index (χ1n) is 25.0. The number of esters is 3. The standard InChI is InChI=1S/C52H94O6/c1-4-7-10-13-16-19-21-23-25-27-28-30-33-36-39-42-45-51(54)57-48-49(47-56-50(53)44-41-38-35-32-18-15-12-9-6-3)58-52(55)46-43-40-37-34-31-29-26-24-22-20-17-14-11-8-5-2/h17,20,22,24-25,27,49H,4-16,18-19,21,23,26,28-48H2,1-3H3/b20-17-,24-22-,27-25-. The van der Waals surface area contributed by atoms with Gasteiger partial charge in [-0.05, 0) is 70.6 Å². The van der Waals surface area contributed by atoms with Crippen LogP contribution in [0.3, 0.4) is 0 Å². The number of hydrogen-bond acceptors (Lipinski definition) is 6. The molecule has 0 saturated heterocycles. The fraction of sp³-hybridized carbons (Fsp3) is 0.827. The van der Waals surface area contributed by atoms with Crippen LogP contribution in [0.15, 0.2) is 36.5 Å². The number of ether oxygens (including phenoxy) is 3. The molecular formula is C52H94O6. The first-order valence-corrected chi connectivity index (χ1v) is 25.0. The molecule has 0 amide bonds. The quantitative estimate of drug-likeness (QED) is 0.0200. The first kappa shape index (κ1) is 55.6. The number of allylic oxidation sites excluding steroid dienone is 6. The summed E-state index contributed by atoms with van der Waals surface area (Å²) in [7, 11) is 0. The second-order valence-corrected chi connectivity index (χ2v) is 16.8. The molecule has 0 N–H and O–H groups in total. The molecule has 58 heavy (non-hydrogen) atoms. The molecule has 0 aliphatic carbocycles. The van der Waals surface area contributed by atoms with Crippen LogP contribution in [0.25, 0.3) is 0 Å². The van der Waals surface area contributed by atoms with Crippen molar-refractivity contribution in [2.24, 2.45) is 0 Å².